The van der Waals surface area contributed by atoms with Crippen LogP contribution < -0.4 is 0 Å². The summed E-state index contributed by atoms with van der Waals surface area (Å²) < 4.78 is 63.9. The molecule has 2 rings (SSSR count). The Labute approximate surface area is 163 Å². The van der Waals surface area contributed by atoms with Gasteiger partial charge in [0.05, 0.1) is 15.2 Å². The first-order valence-electron chi connectivity index (χ1n) is 9.02. The zero-order valence-electron chi connectivity index (χ0n) is 16.4. The van der Waals surface area contributed by atoms with Gasteiger partial charge < -0.3 is 5.11 Å². The fourth-order valence-corrected chi connectivity index (χ4v) is 5.45. The number of hydrogen-bond donors (Lipinski definition) is 1. The van der Waals surface area contributed by atoms with Gasteiger partial charge >= 0.3 is 12.1 Å². The quantitative estimate of drug-likeness (QED) is 0.782. The maximum atomic E-state index is 13.1. The summed E-state index contributed by atoms with van der Waals surface area (Å²) in [5, 5.41) is 9.36. The summed E-state index contributed by atoms with van der Waals surface area (Å²) >= 11 is 0. The Bertz CT molecular complexity index is 839. The molecule has 0 aromatic heterocycles. The van der Waals surface area contributed by atoms with Crippen molar-refractivity contribution in [3.05, 3.63) is 29.8 Å². The Hall–Kier alpha value is -1.61. The number of piperidine rings is 1. The van der Waals surface area contributed by atoms with Crippen LogP contribution in [0.4, 0.5) is 13.2 Å². The van der Waals surface area contributed by atoms with Crippen molar-refractivity contribution < 1.29 is 31.5 Å². The molecule has 0 unspecified atom stereocenters. The molecule has 28 heavy (non-hydrogen) atoms. The zero-order chi connectivity index (χ0) is 21.5. The van der Waals surface area contributed by atoms with Gasteiger partial charge in [-0.2, -0.15) is 13.2 Å². The second-order valence-corrected chi connectivity index (χ2v) is 10.8. The van der Waals surface area contributed by atoms with Crippen molar-refractivity contribution >= 4 is 15.8 Å². The molecule has 0 bridgehead atoms. The van der Waals surface area contributed by atoms with Crippen LogP contribution in [-0.4, -0.2) is 47.8 Å². The van der Waals surface area contributed by atoms with E-state index in [2.05, 4.69) is 0 Å². The zero-order valence-corrected chi connectivity index (χ0v) is 17.2. The molecule has 0 spiro atoms. The Balaban J connectivity index is 2.26. The number of hydrogen-bond acceptors (Lipinski definition) is 4. The van der Waals surface area contributed by atoms with E-state index >= 15 is 0 Å². The molecular formula is C19H26F3NO4S. The molecule has 1 aromatic carbocycles. The van der Waals surface area contributed by atoms with E-state index in [-0.39, 0.29) is 10.8 Å². The molecule has 1 aromatic rings. The second kappa shape index (κ2) is 7.33. The Morgan fingerprint density at radius 1 is 1.11 bits per heavy atom. The summed E-state index contributed by atoms with van der Waals surface area (Å²) in [4.78, 5) is 12.9. The van der Waals surface area contributed by atoms with Gasteiger partial charge in [-0.3, -0.25) is 9.69 Å². The number of rotatable bonds is 5. The molecule has 1 heterocycles. The number of carboxylic acid groups (broad SMARTS) is 1. The summed E-state index contributed by atoms with van der Waals surface area (Å²) in [5.41, 5.74) is -2.06. The van der Waals surface area contributed by atoms with Gasteiger partial charge in [0.1, 0.15) is 5.54 Å². The monoisotopic (exact) mass is 421 g/mol. The van der Waals surface area contributed by atoms with Gasteiger partial charge in [-0.15, -0.1) is 0 Å². The molecule has 0 atom stereocenters. The molecule has 1 aliphatic heterocycles. The van der Waals surface area contributed by atoms with Gasteiger partial charge in [-0.25, -0.2) is 8.42 Å². The van der Waals surface area contributed by atoms with Gasteiger partial charge in [0.15, 0.2) is 9.84 Å². The number of halogens is 3. The number of alkyl halides is 3. The van der Waals surface area contributed by atoms with Crippen LogP contribution in [0.5, 0.6) is 0 Å². The van der Waals surface area contributed by atoms with Crippen LogP contribution in [-0.2, 0) is 20.8 Å². The topological polar surface area (TPSA) is 74.7 Å². The van der Waals surface area contributed by atoms with Crippen molar-refractivity contribution in [2.24, 2.45) is 5.92 Å². The summed E-state index contributed by atoms with van der Waals surface area (Å²) in [5.74, 6) is -1.25. The molecule has 0 amide bonds. The van der Waals surface area contributed by atoms with E-state index in [0.717, 1.165) is 12.1 Å². The number of sulfone groups is 1. The van der Waals surface area contributed by atoms with Crippen LogP contribution in [0.15, 0.2) is 29.2 Å². The van der Waals surface area contributed by atoms with E-state index in [4.69, 9.17) is 0 Å². The maximum absolute atomic E-state index is 13.1. The van der Waals surface area contributed by atoms with Crippen LogP contribution in [0, 0.1) is 5.92 Å². The second-order valence-electron chi connectivity index (χ2n) is 8.26. The summed E-state index contributed by atoms with van der Waals surface area (Å²) in [6, 6.07) is 3.82. The lowest BCUT2D eigenvalue weighted by atomic mass is 9.84. The Kier molecular flexibility index (Phi) is 5.94. The largest absolute Gasteiger partial charge is 0.480 e. The molecule has 1 aliphatic rings. The van der Waals surface area contributed by atoms with Crippen molar-refractivity contribution in [1.29, 1.82) is 0 Å². The minimum Gasteiger partial charge on any atom is -0.480 e. The smallest absolute Gasteiger partial charge is 0.416 e. The molecule has 0 radical (unpaired) electrons. The molecule has 9 heteroatoms. The van der Waals surface area contributed by atoms with E-state index in [1.54, 1.807) is 18.7 Å². The van der Waals surface area contributed by atoms with Crippen molar-refractivity contribution in [3.8, 4) is 0 Å². The minimum atomic E-state index is -4.62. The predicted molar refractivity (Wildman–Crippen MR) is 98.7 cm³/mol. The summed E-state index contributed by atoms with van der Waals surface area (Å²) in [6.07, 6.45) is -3.73. The van der Waals surface area contributed by atoms with Crippen LogP contribution in [0.1, 0.15) is 46.1 Å². The molecule has 0 saturated carbocycles. The lowest BCUT2D eigenvalue weighted by molar-refractivity contribution is -0.150. The van der Waals surface area contributed by atoms with Crippen LogP contribution in [0.3, 0.4) is 0 Å². The fraction of sp³-hybridized carbons (Fsp3) is 0.632. The van der Waals surface area contributed by atoms with Crippen molar-refractivity contribution in [3.63, 3.8) is 0 Å². The molecular weight excluding hydrogens is 395 g/mol. The first kappa shape index (κ1) is 22.7. The van der Waals surface area contributed by atoms with Gasteiger partial charge in [0, 0.05) is 0 Å². The molecule has 0 aliphatic carbocycles. The van der Waals surface area contributed by atoms with E-state index in [0.29, 0.717) is 32.0 Å². The Morgan fingerprint density at radius 3 is 2.11 bits per heavy atom. The van der Waals surface area contributed by atoms with Crippen molar-refractivity contribution in [2.45, 2.75) is 61.9 Å². The van der Waals surface area contributed by atoms with Crippen molar-refractivity contribution in [1.82, 2.24) is 4.90 Å². The van der Waals surface area contributed by atoms with Crippen LogP contribution >= 0.6 is 0 Å². The Morgan fingerprint density at radius 2 is 1.64 bits per heavy atom. The number of carboxylic acids is 1. The number of aliphatic carboxylic acids is 1. The molecule has 1 fully saturated rings. The van der Waals surface area contributed by atoms with Gasteiger partial charge in [-0.1, -0.05) is 6.07 Å². The third-order valence-electron chi connectivity index (χ3n) is 5.96. The van der Waals surface area contributed by atoms with E-state index < -0.39 is 37.8 Å². The molecule has 158 valence electrons. The van der Waals surface area contributed by atoms with E-state index in [1.165, 1.54) is 19.9 Å². The highest BCUT2D eigenvalue weighted by atomic mass is 32.2. The lowest BCUT2D eigenvalue weighted by Gasteiger charge is -2.44. The third kappa shape index (κ3) is 4.05. The average Bonchev–Trinajstić information content (AvgIpc) is 2.61. The molecule has 1 N–H and O–H groups in total. The normalized spacial score (nSPS) is 18.2. The first-order chi connectivity index (χ1) is 12.6. The van der Waals surface area contributed by atoms with Gasteiger partial charge in [-0.05, 0) is 77.7 Å². The van der Waals surface area contributed by atoms with E-state index in [1.807, 2.05) is 0 Å². The average molecular weight is 421 g/mol. The van der Waals surface area contributed by atoms with Crippen molar-refractivity contribution in [2.75, 3.05) is 13.1 Å². The fourth-order valence-electron chi connectivity index (χ4n) is 3.63. The van der Waals surface area contributed by atoms with E-state index in [9.17, 15) is 31.5 Å². The first-order valence-corrected chi connectivity index (χ1v) is 10.5. The number of benzene rings is 1. The highest BCUT2D eigenvalue weighted by molar-refractivity contribution is 7.92. The third-order valence-corrected chi connectivity index (χ3v) is 8.55. The highest BCUT2D eigenvalue weighted by Crippen LogP contribution is 2.40. The highest BCUT2D eigenvalue weighted by Gasteiger charge is 2.46. The number of carbonyl (C=O) groups is 1. The van der Waals surface area contributed by atoms with Gasteiger partial charge in [0.25, 0.3) is 0 Å². The molecule has 5 nitrogen and oxygen atoms in total. The van der Waals surface area contributed by atoms with Crippen LogP contribution in [0.2, 0.25) is 0 Å². The maximum Gasteiger partial charge on any atom is 0.416 e. The SMILES string of the molecule is CC(C)(C(=O)O)N1CCC(C(C)(C)S(=O)(=O)c2cccc(C(F)(F)F)c2)CC1. The van der Waals surface area contributed by atoms with Gasteiger partial charge in [0.2, 0.25) is 0 Å². The van der Waals surface area contributed by atoms with Crippen LogP contribution in [0.25, 0.3) is 0 Å². The summed E-state index contributed by atoms with van der Waals surface area (Å²) in [7, 11) is -4.03. The molecule has 1 saturated heterocycles. The number of likely N-dealkylation sites (tertiary alicyclic amines) is 1. The summed E-state index contributed by atoms with van der Waals surface area (Å²) in [6.45, 7) is 7.08. The lowest BCUT2D eigenvalue weighted by Crippen LogP contribution is -2.55. The number of nitrogens with zero attached hydrogens (tertiary/aromatic N) is 1. The predicted octanol–water partition coefficient (Wildman–Crippen LogP) is 3.83. The standard InChI is InChI=1S/C19H26F3NO4S/c1-17(2,16(24)25)23-10-8-13(9-11-23)18(3,4)28(26,27)15-7-5-6-14(12-15)19(20,21)22/h5-7,12-13H,8-11H2,1-4H3,(H,24,25). The minimum absolute atomic E-state index is 0.298.